The predicted octanol–water partition coefficient (Wildman–Crippen LogP) is 5.21. The van der Waals surface area contributed by atoms with Crippen LogP contribution < -0.4 is 5.73 Å². The molecule has 12 heteroatoms. The summed E-state index contributed by atoms with van der Waals surface area (Å²) in [6.45, 7) is 24.2. The Hall–Kier alpha value is -2.13. The van der Waals surface area contributed by atoms with Crippen molar-refractivity contribution in [3.05, 3.63) is 24.3 Å². The zero-order valence-electron chi connectivity index (χ0n) is 24.8. The van der Waals surface area contributed by atoms with Crippen LogP contribution in [-0.2, 0) is 23.1 Å². The molecule has 1 aliphatic heterocycles. The molecule has 3 atom stereocenters. The maximum atomic E-state index is 12.8. The number of nitrogens with two attached hydrogens (primary N) is 1. The second kappa shape index (κ2) is 10.8. The number of ether oxygens (including phenoxy) is 2. The van der Waals surface area contributed by atoms with Gasteiger partial charge in [0.15, 0.2) is 34.3 Å². The highest BCUT2D eigenvalue weighted by Gasteiger charge is 2.49. The molecule has 38 heavy (non-hydrogen) atoms. The molecule has 3 rings (SSSR count). The first-order chi connectivity index (χ1) is 17.4. The molecule has 0 spiro atoms. The van der Waals surface area contributed by atoms with Gasteiger partial charge in [-0.25, -0.2) is 19.7 Å². The van der Waals surface area contributed by atoms with Gasteiger partial charge in [0.05, 0.1) is 19.5 Å². The van der Waals surface area contributed by atoms with Crippen molar-refractivity contribution in [3.63, 3.8) is 0 Å². The van der Waals surface area contributed by atoms with Crippen LogP contribution in [0.25, 0.3) is 11.2 Å². The third-order valence-electron chi connectivity index (χ3n) is 8.12. The molecule has 1 fully saturated rings. The van der Waals surface area contributed by atoms with Crippen LogP contribution >= 0.6 is 0 Å². The second-order valence-electron chi connectivity index (χ2n) is 12.9. The minimum Gasteiger partial charge on any atom is -0.463 e. The highest BCUT2D eigenvalue weighted by Crippen LogP contribution is 2.45. The lowest BCUT2D eigenvalue weighted by Crippen LogP contribution is -2.46. The van der Waals surface area contributed by atoms with Crippen molar-refractivity contribution >= 4 is 39.6 Å². The Bertz CT molecular complexity index is 1180. The van der Waals surface area contributed by atoms with E-state index in [1.807, 2.05) is 4.57 Å². The number of anilines is 1. The Kier molecular flexibility index (Phi) is 8.64. The molecule has 10 nitrogen and oxygen atoms in total. The number of fused-ring (bicyclic) bond motifs is 1. The van der Waals surface area contributed by atoms with E-state index in [-0.39, 0.29) is 22.5 Å². The molecule has 1 saturated heterocycles. The number of carbonyl (C=O) groups is 1. The van der Waals surface area contributed by atoms with Gasteiger partial charge in [0.25, 0.3) is 0 Å². The zero-order valence-corrected chi connectivity index (χ0v) is 26.8. The van der Waals surface area contributed by atoms with E-state index >= 15 is 0 Å². The number of nitrogens with zero attached hydrogens (tertiary/aromatic N) is 4. The fourth-order valence-electron chi connectivity index (χ4n) is 3.69. The van der Waals surface area contributed by atoms with Crippen molar-refractivity contribution in [2.75, 3.05) is 18.9 Å². The van der Waals surface area contributed by atoms with Crippen LogP contribution in [0, 0.1) is 0 Å². The maximum Gasteiger partial charge on any atom is 0.330 e. The average Bonchev–Trinajstić information content (AvgIpc) is 3.33. The molecule has 0 amide bonds. The Balaban J connectivity index is 2.13. The summed E-state index contributed by atoms with van der Waals surface area (Å²) in [5.74, 6) is -0.149. The first-order valence-corrected chi connectivity index (χ1v) is 19.0. The minimum absolute atomic E-state index is 0.0159. The summed E-state index contributed by atoms with van der Waals surface area (Å²) in [5.41, 5.74) is 7.79. The summed E-state index contributed by atoms with van der Waals surface area (Å²) in [4.78, 5) is 25.7. The van der Waals surface area contributed by atoms with Crippen LogP contribution in [0.15, 0.2) is 24.3 Å². The van der Waals surface area contributed by atoms with Crippen molar-refractivity contribution in [2.24, 2.45) is 0 Å². The number of nitrogen functional groups attached to an aromatic ring is 1. The van der Waals surface area contributed by atoms with Crippen molar-refractivity contribution in [2.45, 2.75) is 103 Å². The van der Waals surface area contributed by atoms with Crippen LogP contribution in [-0.4, -0.2) is 67.5 Å². The van der Waals surface area contributed by atoms with Gasteiger partial charge in [-0.3, -0.25) is 4.57 Å². The van der Waals surface area contributed by atoms with Crippen LogP contribution in [0.3, 0.4) is 0 Å². The number of aromatic nitrogens is 4. The van der Waals surface area contributed by atoms with Gasteiger partial charge in [-0.15, -0.1) is 0 Å². The molecular formula is C26H45N5O5Si2. The minimum atomic E-state index is -2.33. The molecule has 0 aromatic carbocycles. The van der Waals surface area contributed by atoms with E-state index in [0.29, 0.717) is 23.3 Å². The predicted molar refractivity (Wildman–Crippen MR) is 154 cm³/mol. The van der Waals surface area contributed by atoms with Gasteiger partial charge in [-0.2, -0.15) is 0 Å². The summed E-state index contributed by atoms with van der Waals surface area (Å²) in [6.07, 6.45) is 2.82. The van der Waals surface area contributed by atoms with Crippen LogP contribution in [0.5, 0.6) is 0 Å². The molecule has 1 aliphatic rings. The van der Waals surface area contributed by atoms with E-state index in [1.165, 1.54) is 12.4 Å². The lowest BCUT2D eigenvalue weighted by molar-refractivity contribution is -0.137. The van der Waals surface area contributed by atoms with Gasteiger partial charge in [0.2, 0.25) is 0 Å². The summed E-state index contributed by atoms with van der Waals surface area (Å²) in [5, 5.41) is -0.0615. The molecule has 0 aliphatic carbocycles. The number of carbonyl (C=O) groups excluding carboxylic acids is 1. The highest BCUT2D eigenvalue weighted by molar-refractivity contribution is 6.74. The van der Waals surface area contributed by atoms with E-state index in [1.54, 1.807) is 13.3 Å². The fourth-order valence-corrected chi connectivity index (χ4v) is 5.93. The SMILES string of the molecule is CCOC(=O)/C=C1/[C@@H](O[Si](C)(C)C(C)(C)C)[C@H](n2cnc3c(N)ncnc32)O[C@@H]1CO[Si](C)(C)C(C)(C)C. The van der Waals surface area contributed by atoms with E-state index in [0.717, 1.165) is 0 Å². The largest absolute Gasteiger partial charge is 0.463 e. The summed E-state index contributed by atoms with van der Waals surface area (Å²) >= 11 is 0. The van der Waals surface area contributed by atoms with Crippen LogP contribution in [0.2, 0.25) is 36.3 Å². The summed E-state index contributed by atoms with van der Waals surface area (Å²) < 4.78 is 27.3. The smallest absolute Gasteiger partial charge is 0.330 e. The molecule has 0 bridgehead atoms. The molecule has 2 aromatic rings. The molecule has 0 unspecified atom stereocenters. The van der Waals surface area contributed by atoms with E-state index in [4.69, 9.17) is 24.1 Å². The Morgan fingerprint density at radius 2 is 1.71 bits per heavy atom. The summed E-state index contributed by atoms with van der Waals surface area (Å²) in [7, 11) is -4.44. The molecule has 0 saturated carbocycles. The van der Waals surface area contributed by atoms with Gasteiger partial charge in [0, 0.05) is 6.08 Å². The molecule has 0 radical (unpaired) electrons. The quantitative estimate of drug-likeness (QED) is 0.262. The van der Waals surface area contributed by atoms with Crippen molar-refractivity contribution in [1.29, 1.82) is 0 Å². The Morgan fingerprint density at radius 3 is 2.29 bits per heavy atom. The van der Waals surface area contributed by atoms with E-state index in [9.17, 15) is 4.79 Å². The van der Waals surface area contributed by atoms with Gasteiger partial charge >= 0.3 is 5.97 Å². The van der Waals surface area contributed by atoms with Crippen LogP contribution in [0.1, 0.15) is 54.7 Å². The number of hydrogen-bond donors (Lipinski definition) is 1. The third-order valence-corrected chi connectivity index (χ3v) is 17.1. The maximum absolute atomic E-state index is 12.8. The van der Waals surface area contributed by atoms with Gasteiger partial charge < -0.3 is 24.1 Å². The number of hydrogen-bond acceptors (Lipinski definition) is 9. The Labute approximate surface area is 228 Å². The van der Waals surface area contributed by atoms with Crippen molar-refractivity contribution in [3.8, 4) is 0 Å². The molecule has 212 valence electrons. The van der Waals surface area contributed by atoms with Crippen LogP contribution in [0.4, 0.5) is 5.82 Å². The standard InChI is InChI=1S/C26H45N5O5Si2/c1-12-33-19(32)13-17-18(14-34-37(8,9)25(2,3)4)35-24(21(17)36-38(10,11)26(5,6)7)31-16-30-20-22(27)28-15-29-23(20)31/h13,15-16,18,21,24H,12,14H2,1-11H3,(H2,27,28,29)/b17-13+/t18-,21-,24-/m1/s1. The number of imidazole rings is 1. The van der Waals surface area contributed by atoms with Crippen molar-refractivity contribution in [1.82, 2.24) is 19.5 Å². The molecule has 2 aromatic heterocycles. The zero-order chi connectivity index (χ0) is 28.7. The van der Waals surface area contributed by atoms with Gasteiger partial charge in [-0.05, 0) is 48.8 Å². The lowest BCUT2D eigenvalue weighted by Gasteiger charge is -2.39. The molecule has 3 heterocycles. The van der Waals surface area contributed by atoms with E-state index < -0.39 is 41.0 Å². The normalized spacial score (nSPS) is 22.4. The topological polar surface area (TPSA) is 124 Å². The van der Waals surface area contributed by atoms with Crippen molar-refractivity contribution < 1.29 is 23.1 Å². The fraction of sp³-hybridized carbons (Fsp3) is 0.692. The number of esters is 1. The molecule has 2 N–H and O–H groups in total. The first kappa shape index (κ1) is 30.4. The summed E-state index contributed by atoms with van der Waals surface area (Å²) in [6, 6.07) is 0. The Morgan fingerprint density at radius 1 is 1.08 bits per heavy atom. The monoisotopic (exact) mass is 563 g/mol. The lowest BCUT2D eigenvalue weighted by atomic mass is 10.1. The average molecular weight is 564 g/mol. The first-order valence-electron chi connectivity index (χ1n) is 13.2. The van der Waals surface area contributed by atoms with Gasteiger partial charge in [-0.1, -0.05) is 41.5 Å². The van der Waals surface area contributed by atoms with E-state index in [2.05, 4.69) is 82.7 Å². The third kappa shape index (κ3) is 6.19. The van der Waals surface area contributed by atoms with Gasteiger partial charge in [0.1, 0.15) is 24.1 Å². The highest BCUT2D eigenvalue weighted by atomic mass is 28.4. The number of rotatable bonds is 8. The second-order valence-corrected chi connectivity index (χ2v) is 22.4. The molecular weight excluding hydrogens is 518 g/mol.